The van der Waals surface area contributed by atoms with Crippen LogP contribution in [0.3, 0.4) is 0 Å². The first-order valence-electron chi connectivity index (χ1n) is 6.20. The minimum atomic E-state index is -0.302. The Morgan fingerprint density at radius 2 is 2.22 bits per heavy atom. The molecule has 2 N–H and O–H groups in total. The van der Waals surface area contributed by atoms with E-state index in [-0.39, 0.29) is 5.82 Å². The van der Waals surface area contributed by atoms with Gasteiger partial charge in [0.05, 0.1) is 15.5 Å². The van der Waals surface area contributed by atoms with Crippen molar-refractivity contribution >= 4 is 32.9 Å². The van der Waals surface area contributed by atoms with Crippen LogP contribution in [0.4, 0.5) is 10.3 Å². The first-order chi connectivity index (χ1) is 8.58. The first-order valence-corrected chi connectivity index (χ1v) is 6.99. The molecule has 1 atom stereocenters. The molecule has 2 aromatic rings. The van der Waals surface area contributed by atoms with Crippen LogP contribution in [0.15, 0.2) is 16.6 Å². The summed E-state index contributed by atoms with van der Waals surface area (Å²) in [5, 5.41) is 0. The monoisotopic (exact) mass is 311 g/mol. The van der Waals surface area contributed by atoms with Gasteiger partial charge in [-0.25, -0.2) is 9.37 Å². The fraction of sp³-hybridized carbons (Fsp3) is 0.462. The second-order valence-corrected chi connectivity index (χ2v) is 5.88. The van der Waals surface area contributed by atoms with Crippen molar-refractivity contribution in [3.05, 3.63) is 22.4 Å². The summed E-state index contributed by atoms with van der Waals surface area (Å²) in [6.45, 7) is 2.17. The molecule has 1 fully saturated rings. The molecule has 1 aromatic carbocycles. The van der Waals surface area contributed by atoms with Crippen molar-refractivity contribution in [2.45, 2.75) is 32.2 Å². The van der Waals surface area contributed by atoms with E-state index in [0.717, 1.165) is 5.52 Å². The fourth-order valence-electron chi connectivity index (χ4n) is 2.67. The SMILES string of the molecule is CC(C1CCC1)n1c(N)nc2cc(F)c(Br)cc21. The van der Waals surface area contributed by atoms with Gasteiger partial charge in [0.15, 0.2) is 0 Å². The highest BCUT2D eigenvalue weighted by Crippen LogP contribution is 2.39. The summed E-state index contributed by atoms with van der Waals surface area (Å²) in [5.74, 6) is 0.832. The summed E-state index contributed by atoms with van der Waals surface area (Å²) in [7, 11) is 0. The fourth-order valence-corrected chi connectivity index (χ4v) is 3.00. The number of aromatic nitrogens is 2. The van der Waals surface area contributed by atoms with E-state index in [9.17, 15) is 4.39 Å². The number of nitrogen functional groups attached to an aromatic ring is 1. The third-order valence-electron chi connectivity index (χ3n) is 4.00. The lowest BCUT2D eigenvalue weighted by molar-refractivity contribution is 0.227. The molecule has 1 heterocycles. The van der Waals surface area contributed by atoms with Crippen LogP contribution >= 0.6 is 15.9 Å². The van der Waals surface area contributed by atoms with Crippen LogP contribution < -0.4 is 5.73 Å². The lowest BCUT2D eigenvalue weighted by Crippen LogP contribution is -2.23. The van der Waals surface area contributed by atoms with E-state index in [1.54, 1.807) is 6.07 Å². The van der Waals surface area contributed by atoms with Crippen LogP contribution in [0.5, 0.6) is 0 Å². The largest absolute Gasteiger partial charge is 0.369 e. The van der Waals surface area contributed by atoms with Crippen LogP contribution in [0.25, 0.3) is 11.0 Å². The van der Waals surface area contributed by atoms with Crippen molar-refractivity contribution in [3.8, 4) is 0 Å². The summed E-state index contributed by atoms with van der Waals surface area (Å²) < 4.78 is 16.0. The molecule has 3 rings (SSSR count). The third-order valence-corrected chi connectivity index (χ3v) is 4.61. The lowest BCUT2D eigenvalue weighted by atomic mass is 9.80. The molecular formula is C13H15BrFN3. The van der Waals surface area contributed by atoms with Gasteiger partial charge >= 0.3 is 0 Å². The Morgan fingerprint density at radius 3 is 2.83 bits per heavy atom. The molecule has 1 unspecified atom stereocenters. The van der Waals surface area contributed by atoms with Gasteiger partial charge in [-0.3, -0.25) is 0 Å². The van der Waals surface area contributed by atoms with Crippen molar-refractivity contribution in [2.24, 2.45) is 5.92 Å². The number of nitrogens with zero attached hydrogens (tertiary/aromatic N) is 2. The molecular weight excluding hydrogens is 297 g/mol. The average Bonchev–Trinajstić information content (AvgIpc) is 2.52. The van der Waals surface area contributed by atoms with Gasteiger partial charge in [-0.2, -0.15) is 0 Å². The second-order valence-electron chi connectivity index (χ2n) is 5.03. The van der Waals surface area contributed by atoms with Gasteiger partial charge in [0.1, 0.15) is 5.82 Å². The minimum absolute atomic E-state index is 0.302. The normalized spacial score (nSPS) is 17.9. The quantitative estimate of drug-likeness (QED) is 0.914. The topological polar surface area (TPSA) is 43.8 Å². The number of hydrogen-bond acceptors (Lipinski definition) is 2. The van der Waals surface area contributed by atoms with E-state index in [1.165, 1.54) is 25.3 Å². The predicted molar refractivity (Wildman–Crippen MR) is 73.9 cm³/mol. The third kappa shape index (κ3) is 1.72. The second kappa shape index (κ2) is 4.23. The maximum atomic E-state index is 13.5. The van der Waals surface area contributed by atoms with Gasteiger partial charge in [0.2, 0.25) is 5.95 Å². The number of hydrogen-bond donors (Lipinski definition) is 1. The Morgan fingerprint density at radius 1 is 1.50 bits per heavy atom. The summed E-state index contributed by atoms with van der Waals surface area (Å²) in [6, 6.07) is 3.52. The zero-order valence-corrected chi connectivity index (χ0v) is 11.7. The van der Waals surface area contributed by atoms with Crippen molar-refractivity contribution in [1.82, 2.24) is 9.55 Å². The maximum Gasteiger partial charge on any atom is 0.201 e. The molecule has 18 heavy (non-hydrogen) atoms. The average molecular weight is 312 g/mol. The molecule has 0 amide bonds. The molecule has 1 saturated carbocycles. The summed E-state index contributed by atoms with van der Waals surface area (Å²) in [6.07, 6.45) is 3.77. The van der Waals surface area contributed by atoms with E-state index in [4.69, 9.17) is 5.73 Å². The Labute approximate surface area is 113 Å². The van der Waals surface area contributed by atoms with Gasteiger partial charge in [0, 0.05) is 12.1 Å². The van der Waals surface area contributed by atoms with Gasteiger partial charge in [0.25, 0.3) is 0 Å². The molecule has 3 nitrogen and oxygen atoms in total. The molecule has 0 saturated heterocycles. The van der Waals surface area contributed by atoms with Crippen LogP contribution in [0, 0.1) is 11.7 Å². The van der Waals surface area contributed by atoms with Gasteiger partial charge < -0.3 is 10.3 Å². The van der Waals surface area contributed by atoms with E-state index in [1.807, 2.05) is 4.57 Å². The van der Waals surface area contributed by atoms with Crippen LogP contribution in [-0.4, -0.2) is 9.55 Å². The molecule has 1 aliphatic carbocycles. The molecule has 1 aromatic heterocycles. The summed E-state index contributed by atoms with van der Waals surface area (Å²) in [5.41, 5.74) is 7.51. The summed E-state index contributed by atoms with van der Waals surface area (Å²) >= 11 is 3.22. The molecule has 1 aliphatic rings. The smallest absolute Gasteiger partial charge is 0.201 e. The zero-order chi connectivity index (χ0) is 12.9. The highest BCUT2D eigenvalue weighted by atomic mass is 79.9. The number of benzene rings is 1. The van der Waals surface area contributed by atoms with E-state index in [2.05, 4.69) is 27.8 Å². The van der Waals surface area contributed by atoms with Crippen molar-refractivity contribution in [3.63, 3.8) is 0 Å². The van der Waals surface area contributed by atoms with E-state index >= 15 is 0 Å². The van der Waals surface area contributed by atoms with Gasteiger partial charge in [-0.05, 0) is 47.7 Å². The van der Waals surface area contributed by atoms with E-state index < -0.39 is 0 Å². The number of imidazole rings is 1. The number of rotatable bonds is 2. The number of fused-ring (bicyclic) bond motifs is 1. The van der Waals surface area contributed by atoms with Crippen LogP contribution in [0.2, 0.25) is 0 Å². The Balaban J connectivity index is 2.15. The van der Waals surface area contributed by atoms with E-state index in [0.29, 0.717) is 27.9 Å². The van der Waals surface area contributed by atoms with Crippen molar-refractivity contribution < 1.29 is 4.39 Å². The highest BCUT2D eigenvalue weighted by Gasteiger charge is 2.27. The predicted octanol–water partition coefficient (Wildman–Crippen LogP) is 3.88. The molecule has 5 heteroatoms. The Hall–Kier alpha value is -1.10. The Kier molecular flexibility index (Phi) is 2.81. The number of nitrogens with two attached hydrogens (primary N) is 1. The lowest BCUT2D eigenvalue weighted by Gasteiger charge is -2.33. The first kappa shape index (κ1) is 12.0. The molecule has 0 aliphatic heterocycles. The zero-order valence-electron chi connectivity index (χ0n) is 10.2. The molecule has 96 valence electrons. The Bertz CT molecular complexity index is 604. The van der Waals surface area contributed by atoms with Crippen LogP contribution in [-0.2, 0) is 0 Å². The standard InChI is InChI=1S/C13H15BrFN3/c1-7(8-3-2-4-8)18-12-5-9(14)10(15)6-11(12)17-13(18)16/h5-8H,2-4H2,1H3,(H2,16,17). The number of anilines is 1. The number of halogens is 2. The van der Waals surface area contributed by atoms with Crippen LogP contribution in [0.1, 0.15) is 32.2 Å². The maximum absolute atomic E-state index is 13.5. The van der Waals surface area contributed by atoms with Crippen molar-refractivity contribution in [1.29, 1.82) is 0 Å². The molecule has 0 bridgehead atoms. The van der Waals surface area contributed by atoms with Gasteiger partial charge in [-0.15, -0.1) is 0 Å². The highest BCUT2D eigenvalue weighted by molar-refractivity contribution is 9.10. The van der Waals surface area contributed by atoms with Gasteiger partial charge in [-0.1, -0.05) is 6.42 Å². The minimum Gasteiger partial charge on any atom is -0.369 e. The molecule has 0 radical (unpaired) electrons. The van der Waals surface area contributed by atoms with Crippen molar-refractivity contribution in [2.75, 3.05) is 5.73 Å². The molecule has 0 spiro atoms. The summed E-state index contributed by atoms with van der Waals surface area (Å²) in [4.78, 5) is 4.26.